The average Bonchev–Trinajstić information content (AvgIpc) is 3.22. The van der Waals surface area contributed by atoms with Gasteiger partial charge in [-0.25, -0.2) is 4.68 Å². The number of amides is 1. The Morgan fingerprint density at radius 2 is 2.26 bits per heavy atom. The van der Waals surface area contributed by atoms with Gasteiger partial charge in [-0.3, -0.25) is 4.79 Å². The first-order valence-corrected chi connectivity index (χ1v) is 7.06. The van der Waals surface area contributed by atoms with E-state index in [0.717, 1.165) is 10.9 Å². The summed E-state index contributed by atoms with van der Waals surface area (Å²) in [6.45, 7) is 0.411. The highest BCUT2D eigenvalue weighted by Gasteiger charge is 2.12. The van der Waals surface area contributed by atoms with Crippen molar-refractivity contribution >= 4 is 16.8 Å². The monoisotopic (exact) mass is 313 g/mol. The Kier molecular flexibility index (Phi) is 4.09. The second-order valence-electron chi connectivity index (χ2n) is 4.95. The number of nitrogens with zero attached hydrogens (tertiary/aromatic N) is 2. The lowest BCUT2D eigenvalue weighted by Gasteiger charge is -2.03. The number of hydrogen-bond acceptors (Lipinski definition) is 5. The summed E-state index contributed by atoms with van der Waals surface area (Å²) in [7, 11) is 1.58. The zero-order valence-electron chi connectivity index (χ0n) is 12.5. The lowest BCUT2D eigenvalue weighted by molar-refractivity contribution is 0.0926. The number of fused-ring (bicyclic) bond motifs is 1. The van der Waals surface area contributed by atoms with Crippen LogP contribution in [0.1, 0.15) is 16.1 Å². The largest absolute Gasteiger partial charge is 0.497 e. The number of nitrogens with one attached hydrogen (secondary N) is 1. The van der Waals surface area contributed by atoms with Crippen molar-refractivity contribution < 1.29 is 13.9 Å². The standard InChI is InChI=1S/C16H15N3O4/c1-22-12-4-5-14-13(9-12)11(10-19(14)18-21)6-7-17-16(20)15-3-2-8-23-15/h2-5,8-10H,6-7H2,1H3,(H,17,20). The van der Waals surface area contributed by atoms with Crippen LogP contribution in [0, 0.1) is 4.91 Å². The third-order valence-electron chi connectivity index (χ3n) is 3.59. The summed E-state index contributed by atoms with van der Waals surface area (Å²) in [5.74, 6) is 0.690. The number of carbonyl (C=O) groups excluding carboxylic acids is 1. The van der Waals surface area contributed by atoms with Crippen molar-refractivity contribution in [1.29, 1.82) is 0 Å². The van der Waals surface area contributed by atoms with E-state index in [1.807, 2.05) is 6.07 Å². The van der Waals surface area contributed by atoms with Crippen LogP contribution in [0.5, 0.6) is 5.75 Å². The van der Waals surface area contributed by atoms with Crippen LogP contribution in [0.15, 0.2) is 52.5 Å². The maximum atomic E-state index is 11.8. The third-order valence-corrected chi connectivity index (χ3v) is 3.59. The van der Waals surface area contributed by atoms with E-state index in [9.17, 15) is 9.70 Å². The molecule has 0 spiro atoms. The molecule has 2 heterocycles. The maximum absolute atomic E-state index is 11.8. The molecule has 1 N–H and O–H groups in total. The lowest BCUT2D eigenvalue weighted by atomic mass is 10.1. The molecule has 0 aliphatic carbocycles. The van der Waals surface area contributed by atoms with E-state index < -0.39 is 0 Å². The number of nitroso groups, excluding NO2 is 1. The molecule has 2 aromatic heterocycles. The van der Waals surface area contributed by atoms with Crippen LogP contribution in [-0.4, -0.2) is 24.2 Å². The highest BCUT2D eigenvalue weighted by atomic mass is 16.5. The molecule has 0 aliphatic heterocycles. The fraction of sp³-hybridized carbons (Fsp3) is 0.188. The quantitative estimate of drug-likeness (QED) is 0.709. The fourth-order valence-corrected chi connectivity index (χ4v) is 2.46. The number of hydrogen-bond donors (Lipinski definition) is 1. The topological polar surface area (TPSA) is 85.8 Å². The van der Waals surface area contributed by atoms with Gasteiger partial charge in [-0.1, -0.05) is 0 Å². The van der Waals surface area contributed by atoms with Gasteiger partial charge in [-0.15, -0.1) is 4.91 Å². The molecule has 0 radical (unpaired) electrons. The summed E-state index contributed by atoms with van der Waals surface area (Å²) in [6, 6.07) is 8.65. The first kappa shape index (κ1) is 14.8. The molecule has 7 heteroatoms. The summed E-state index contributed by atoms with van der Waals surface area (Å²) in [4.78, 5) is 22.7. The van der Waals surface area contributed by atoms with Gasteiger partial charge in [0.2, 0.25) is 0 Å². The number of furan rings is 1. The molecule has 3 aromatic rings. The van der Waals surface area contributed by atoms with Crippen LogP contribution in [0.4, 0.5) is 0 Å². The zero-order valence-corrected chi connectivity index (χ0v) is 12.5. The summed E-state index contributed by atoms with van der Waals surface area (Å²) < 4.78 is 11.5. The SMILES string of the molecule is COc1ccc2c(c1)c(CCNC(=O)c1ccco1)cn2N=O. The van der Waals surface area contributed by atoms with Crippen LogP contribution in [-0.2, 0) is 6.42 Å². The number of aromatic nitrogens is 1. The average molecular weight is 313 g/mol. The number of carbonyl (C=O) groups is 1. The highest BCUT2D eigenvalue weighted by molar-refractivity contribution is 5.91. The first-order chi connectivity index (χ1) is 11.2. The van der Waals surface area contributed by atoms with Gasteiger partial charge in [-0.2, -0.15) is 0 Å². The number of methoxy groups -OCH3 is 1. The maximum Gasteiger partial charge on any atom is 0.286 e. The zero-order chi connectivity index (χ0) is 16.2. The second kappa shape index (κ2) is 6.35. The Hall–Kier alpha value is -3.09. The Morgan fingerprint density at radius 3 is 2.96 bits per heavy atom. The van der Waals surface area contributed by atoms with Crippen LogP contribution >= 0.6 is 0 Å². The fourth-order valence-electron chi connectivity index (χ4n) is 2.46. The molecule has 1 amide bonds. The molecule has 0 bridgehead atoms. The van der Waals surface area contributed by atoms with Crippen molar-refractivity contribution in [3.8, 4) is 5.75 Å². The van der Waals surface area contributed by atoms with Gasteiger partial charge < -0.3 is 14.5 Å². The van der Waals surface area contributed by atoms with E-state index >= 15 is 0 Å². The Bertz CT molecular complexity index is 837. The van der Waals surface area contributed by atoms with E-state index in [1.165, 1.54) is 10.9 Å². The van der Waals surface area contributed by atoms with E-state index in [2.05, 4.69) is 10.6 Å². The smallest absolute Gasteiger partial charge is 0.286 e. The van der Waals surface area contributed by atoms with Gasteiger partial charge in [0.1, 0.15) is 5.75 Å². The molecule has 0 fully saturated rings. The molecule has 0 aliphatic rings. The van der Waals surface area contributed by atoms with Gasteiger partial charge in [0, 0.05) is 18.1 Å². The van der Waals surface area contributed by atoms with E-state index in [0.29, 0.717) is 24.2 Å². The van der Waals surface area contributed by atoms with E-state index in [4.69, 9.17) is 9.15 Å². The van der Waals surface area contributed by atoms with Crippen molar-refractivity contribution in [3.63, 3.8) is 0 Å². The van der Waals surface area contributed by atoms with Crippen molar-refractivity contribution in [2.45, 2.75) is 6.42 Å². The van der Waals surface area contributed by atoms with Gasteiger partial charge >= 0.3 is 0 Å². The molecule has 7 nitrogen and oxygen atoms in total. The van der Waals surface area contributed by atoms with Crippen molar-refractivity contribution in [2.24, 2.45) is 5.29 Å². The minimum Gasteiger partial charge on any atom is -0.497 e. The molecular formula is C16H15N3O4. The summed E-state index contributed by atoms with van der Waals surface area (Å²) in [6.07, 6.45) is 3.67. The predicted molar refractivity (Wildman–Crippen MR) is 84.4 cm³/mol. The normalized spacial score (nSPS) is 10.7. The number of benzene rings is 1. The Morgan fingerprint density at radius 1 is 1.39 bits per heavy atom. The first-order valence-electron chi connectivity index (χ1n) is 7.06. The number of ether oxygens (including phenoxy) is 1. The summed E-state index contributed by atoms with van der Waals surface area (Å²) in [5.41, 5.74) is 1.60. The molecule has 23 heavy (non-hydrogen) atoms. The van der Waals surface area contributed by atoms with Crippen molar-refractivity contribution in [3.05, 3.63) is 59.0 Å². The second-order valence-corrected chi connectivity index (χ2v) is 4.95. The van der Waals surface area contributed by atoms with Gasteiger partial charge in [0.25, 0.3) is 5.91 Å². The number of rotatable bonds is 6. The van der Waals surface area contributed by atoms with E-state index in [-0.39, 0.29) is 11.7 Å². The van der Waals surface area contributed by atoms with Gasteiger partial charge in [-0.05, 0) is 42.3 Å². The molecule has 0 saturated carbocycles. The predicted octanol–water partition coefficient (Wildman–Crippen LogP) is 2.74. The van der Waals surface area contributed by atoms with Crippen LogP contribution in [0.25, 0.3) is 10.9 Å². The molecule has 0 unspecified atom stereocenters. The van der Waals surface area contributed by atoms with Crippen molar-refractivity contribution in [2.75, 3.05) is 13.7 Å². The van der Waals surface area contributed by atoms with Crippen LogP contribution in [0.3, 0.4) is 0 Å². The van der Waals surface area contributed by atoms with Crippen molar-refractivity contribution in [1.82, 2.24) is 9.99 Å². The van der Waals surface area contributed by atoms with Crippen LogP contribution in [0.2, 0.25) is 0 Å². The Labute approximate surface area is 131 Å². The molecular weight excluding hydrogens is 298 g/mol. The molecule has 3 rings (SSSR count). The van der Waals surface area contributed by atoms with Gasteiger partial charge in [0.05, 0.1) is 24.2 Å². The van der Waals surface area contributed by atoms with Gasteiger partial charge in [0.15, 0.2) is 5.76 Å². The third kappa shape index (κ3) is 2.94. The highest BCUT2D eigenvalue weighted by Crippen LogP contribution is 2.26. The van der Waals surface area contributed by atoms with Crippen LogP contribution < -0.4 is 10.1 Å². The van der Waals surface area contributed by atoms with E-state index in [1.54, 1.807) is 37.6 Å². The molecule has 0 saturated heterocycles. The minimum atomic E-state index is -0.273. The summed E-state index contributed by atoms with van der Waals surface area (Å²) >= 11 is 0. The molecule has 1 aromatic carbocycles. The molecule has 118 valence electrons. The Balaban J connectivity index is 1.77. The minimum absolute atomic E-state index is 0.267. The summed E-state index contributed by atoms with van der Waals surface area (Å²) in [5, 5.41) is 6.63. The molecule has 0 atom stereocenters. The lowest BCUT2D eigenvalue weighted by Crippen LogP contribution is -2.25.